The quantitative estimate of drug-likeness (QED) is 0.287. The van der Waals surface area contributed by atoms with Crippen molar-refractivity contribution < 1.29 is 32.7 Å². The first-order valence-corrected chi connectivity index (χ1v) is 11.0. The van der Waals surface area contributed by atoms with Gasteiger partial charge in [0.2, 0.25) is 0 Å². The molecule has 0 unspecified atom stereocenters. The molecule has 3 aromatic rings. The smallest absolute Gasteiger partial charge is 0.344 e. The van der Waals surface area contributed by atoms with Gasteiger partial charge in [0.25, 0.3) is 5.91 Å². The molecule has 1 fully saturated rings. The van der Waals surface area contributed by atoms with Gasteiger partial charge in [0.1, 0.15) is 17.1 Å². The van der Waals surface area contributed by atoms with E-state index in [0.29, 0.717) is 54.1 Å². The molecular weight excluding hydrogens is 459 g/mol. The first kappa shape index (κ1) is 23.9. The predicted octanol–water partition coefficient (Wildman–Crippen LogP) is 2.41. The van der Waals surface area contributed by atoms with E-state index in [0.717, 1.165) is 0 Å². The maximum Gasteiger partial charge on any atom is 0.344 e. The van der Waals surface area contributed by atoms with Crippen LogP contribution in [0.4, 0.5) is 10.1 Å². The number of hydrogen-bond acceptors (Lipinski definition) is 8. The summed E-state index contributed by atoms with van der Waals surface area (Å²) in [5.41, 5.74) is 0.508. The first-order chi connectivity index (χ1) is 16.8. The van der Waals surface area contributed by atoms with Crippen LogP contribution in [0, 0.1) is 5.82 Å². The molecule has 1 aromatic heterocycles. The minimum atomic E-state index is -0.723. The number of ketones is 1. The number of Topliss-reactive ketones (excluding diaryl/α,β-unsaturated/α-hetero) is 1. The van der Waals surface area contributed by atoms with Crippen molar-refractivity contribution in [2.45, 2.75) is 6.92 Å². The second kappa shape index (κ2) is 10.4. The summed E-state index contributed by atoms with van der Waals surface area (Å²) < 4.78 is 29.8. The van der Waals surface area contributed by atoms with Crippen LogP contribution in [-0.2, 0) is 14.3 Å². The zero-order valence-corrected chi connectivity index (χ0v) is 19.0. The van der Waals surface area contributed by atoms with Gasteiger partial charge in [-0.15, -0.1) is 0 Å². The fourth-order valence-corrected chi connectivity index (χ4v) is 3.73. The van der Waals surface area contributed by atoms with Gasteiger partial charge < -0.3 is 23.7 Å². The van der Waals surface area contributed by atoms with Crippen molar-refractivity contribution in [1.82, 2.24) is 4.90 Å². The lowest BCUT2D eigenvalue weighted by atomic mass is 10.1. The molecule has 4 rings (SSSR count). The molecule has 9 nitrogen and oxygen atoms in total. The zero-order chi connectivity index (χ0) is 24.9. The van der Waals surface area contributed by atoms with Crippen LogP contribution >= 0.6 is 0 Å². The Morgan fingerprint density at radius 2 is 1.71 bits per heavy atom. The highest BCUT2D eigenvalue weighted by Crippen LogP contribution is 2.22. The molecule has 2 aromatic carbocycles. The van der Waals surface area contributed by atoms with Crippen LogP contribution in [-0.4, -0.2) is 62.0 Å². The Hall–Kier alpha value is -4.21. The highest BCUT2D eigenvalue weighted by Gasteiger charge is 2.24. The van der Waals surface area contributed by atoms with Gasteiger partial charge in [-0.25, -0.2) is 14.0 Å². The molecule has 0 saturated carbocycles. The fourth-order valence-electron chi connectivity index (χ4n) is 3.73. The standard InChI is InChI=1S/C25H23FN2O7/c1-16(29)18-3-6-21(20(26)12-18)27-8-10-28(11-9-27)23(30)14-34-25(32)15-33-19-5-2-17-4-7-24(31)35-22(17)13-19/h2-7,12-13H,8-11,14-15H2,1H3. The number of amides is 1. The first-order valence-electron chi connectivity index (χ1n) is 11.0. The molecule has 182 valence electrons. The van der Waals surface area contributed by atoms with Crippen LogP contribution in [0.25, 0.3) is 11.0 Å². The van der Waals surface area contributed by atoms with Crippen molar-refractivity contribution in [3.05, 3.63) is 70.3 Å². The normalized spacial score (nSPS) is 13.5. The largest absolute Gasteiger partial charge is 0.482 e. The lowest BCUT2D eigenvalue weighted by molar-refractivity contribution is -0.153. The van der Waals surface area contributed by atoms with Gasteiger partial charge in [0.15, 0.2) is 19.0 Å². The van der Waals surface area contributed by atoms with Crippen molar-refractivity contribution in [2.75, 3.05) is 44.3 Å². The number of benzene rings is 2. The Balaban J connectivity index is 1.22. The van der Waals surface area contributed by atoms with Gasteiger partial charge in [0.05, 0.1) is 5.69 Å². The predicted molar refractivity (Wildman–Crippen MR) is 124 cm³/mol. The molecule has 1 saturated heterocycles. The summed E-state index contributed by atoms with van der Waals surface area (Å²) in [6.45, 7) is 2.00. The summed E-state index contributed by atoms with van der Waals surface area (Å²) in [5.74, 6) is -1.47. The van der Waals surface area contributed by atoms with Crippen molar-refractivity contribution in [3.63, 3.8) is 0 Å². The molecule has 1 aliphatic rings. The number of esters is 1. The van der Waals surface area contributed by atoms with Crippen LogP contribution in [0.2, 0.25) is 0 Å². The second-order valence-electron chi connectivity index (χ2n) is 7.99. The number of hydrogen-bond donors (Lipinski definition) is 0. The van der Waals surface area contributed by atoms with Crippen LogP contribution in [0.3, 0.4) is 0 Å². The Morgan fingerprint density at radius 3 is 2.43 bits per heavy atom. The minimum absolute atomic E-state index is 0.212. The fraction of sp³-hybridized carbons (Fsp3) is 0.280. The van der Waals surface area contributed by atoms with E-state index in [1.165, 1.54) is 30.0 Å². The Labute approximate surface area is 199 Å². The van der Waals surface area contributed by atoms with Gasteiger partial charge >= 0.3 is 11.6 Å². The molecular formula is C25H23FN2O7. The molecule has 0 spiro atoms. The van der Waals surface area contributed by atoms with Crippen LogP contribution in [0.15, 0.2) is 57.7 Å². The molecule has 0 atom stereocenters. The average molecular weight is 482 g/mol. The van der Waals surface area contributed by atoms with Crippen LogP contribution in [0.1, 0.15) is 17.3 Å². The molecule has 0 N–H and O–H groups in total. The molecule has 0 radical (unpaired) electrons. The van der Waals surface area contributed by atoms with E-state index < -0.39 is 30.6 Å². The number of rotatable bonds is 7. The monoisotopic (exact) mass is 482 g/mol. The minimum Gasteiger partial charge on any atom is -0.482 e. The summed E-state index contributed by atoms with van der Waals surface area (Å²) in [6.07, 6.45) is 0. The topological polar surface area (TPSA) is 106 Å². The van der Waals surface area contributed by atoms with E-state index in [1.807, 2.05) is 0 Å². The van der Waals surface area contributed by atoms with Gasteiger partial charge in [-0.05, 0) is 43.3 Å². The third-order valence-electron chi connectivity index (χ3n) is 5.64. The molecule has 2 heterocycles. The van der Waals surface area contributed by atoms with Crippen molar-refractivity contribution in [3.8, 4) is 5.75 Å². The maximum absolute atomic E-state index is 14.4. The Morgan fingerprint density at radius 1 is 0.971 bits per heavy atom. The van der Waals surface area contributed by atoms with Crippen molar-refractivity contribution in [2.24, 2.45) is 0 Å². The highest BCUT2D eigenvalue weighted by atomic mass is 19.1. The Bertz CT molecular complexity index is 1330. The number of halogens is 1. The van der Waals surface area contributed by atoms with Gasteiger partial charge in [0, 0.05) is 49.3 Å². The second-order valence-corrected chi connectivity index (χ2v) is 7.99. The number of anilines is 1. The van der Waals surface area contributed by atoms with E-state index in [9.17, 15) is 23.6 Å². The zero-order valence-electron chi connectivity index (χ0n) is 19.0. The van der Waals surface area contributed by atoms with Gasteiger partial charge in [-0.2, -0.15) is 0 Å². The number of ether oxygens (including phenoxy) is 2. The average Bonchev–Trinajstić information content (AvgIpc) is 2.85. The summed E-state index contributed by atoms with van der Waals surface area (Å²) in [4.78, 5) is 50.5. The SMILES string of the molecule is CC(=O)c1ccc(N2CCN(C(=O)COC(=O)COc3ccc4ccc(=O)oc4c3)CC2)c(F)c1. The summed E-state index contributed by atoms with van der Waals surface area (Å²) in [7, 11) is 0. The number of carbonyl (C=O) groups excluding carboxylic acids is 3. The molecule has 10 heteroatoms. The van der Waals surface area contributed by atoms with E-state index >= 15 is 0 Å². The molecule has 1 amide bonds. The number of piperazine rings is 1. The summed E-state index contributed by atoms with van der Waals surface area (Å²) >= 11 is 0. The number of fused-ring (bicyclic) bond motifs is 1. The third kappa shape index (κ3) is 5.84. The lowest BCUT2D eigenvalue weighted by Gasteiger charge is -2.36. The van der Waals surface area contributed by atoms with E-state index in [-0.39, 0.29) is 11.7 Å². The van der Waals surface area contributed by atoms with Crippen molar-refractivity contribution in [1.29, 1.82) is 0 Å². The van der Waals surface area contributed by atoms with Gasteiger partial charge in [-0.1, -0.05) is 0 Å². The van der Waals surface area contributed by atoms with E-state index in [4.69, 9.17) is 13.9 Å². The third-order valence-corrected chi connectivity index (χ3v) is 5.64. The lowest BCUT2D eigenvalue weighted by Crippen LogP contribution is -2.50. The van der Waals surface area contributed by atoms with Crippen molar-refractivity contribution >= 4 is 34.3 Å². The molecule has 0 bridgehead atoms. The van der Waals surface area contributed by atoms with E-state index in [1.54, 1.807) is 35.2 Å². The van der Waals surface area contributed by atoms with Crippen LogP contribution < -0.4 is 15.3 Å². The molecule has 0 aliphatic carbocycles. The molecule has 1 aliphatic heterocycles. The molecule has 35 heavy (non-hydrogen) atoms. The number of nitrogens with zero attached hydrogens (tertiary/aromatic N) is 2. The van der Waals surface area contributed by atoms with Gasteiger partial charge in [-0.3, -0.25) is 9.59 Å². The Kier molecular flexibility index (Phi) is 7.09. The van der Waals surface area contributed by atoms with Crippen LogP contribution in [0.5, 0.6) is 5.75 Å². The summed E-state index contributed by atoms with van der Waals surface area (Å²) in [5, 5.41) is 0.709. The maximum atomic E-state index is 14.4. The number of carbonyl (C=O) groups is 3. The summed E-state index contributed by atoms with van der Waals surface area (Å²) in [6, 6.07) is 12.1. The van der Waals surface area contributed by atoms with E-state index in [2.05, 4.69) is 0 Å². The highest BCUT2D eigenvalue weighted by molar-refractivity contribution is 5.94.